The Labute approximate surface area is 168 Å². The lowest BCUT2D eigenvalue weighted by molar-refractivity contribution is 0.577. The van der Waals surface area contributed by atoms with E-state index < -0.39 is 0 Å². The number of aromatic amines is 2. The summed E-state index contributed by atoms with van der Waals surface area (Å²) < 4.78 is 5.32. The van der Waals surface area contributed by atoms with Crippen LogP contribution in [0.2, 0.25) is 0 Å². The molecule has 0 aliphatic heterocycles. The summed E-state index contributed by atoms with van der Waals surface area (Å²) in [7, 11) is 0. The van der Waals surface area contributed by atoms with Crippen LogP contribution >= 0.6 is 0 Å². The molecule has 0 amide bonds. The Morgan fingerprint density at radius 2 is 2.07 bits per heavy atom. The maximum atomic E-state index is 5.32. The predicted molar refractivity (Wildman–Crippen MR) is 114 cm³/mol. The van der Waals surface area contributed by atoms with Crippen molar-refractivity contribution in [3.63, 3.8) is 0 Å². The molecule has 8 heteroatoms. The number of para-hydroxylation sites is 1. The number of nitrogens with zero attached hydrogens (tertiary/aromatic N) is 3. The van der Waals surface area contributed by atoms with E-state index in [0.717, 1.165) is 25.5 Å². The Bertz CT molecular complexity index is 1090. The SMILES string of the molecule is CCNC(=NCc1nc(-c2ccco2)n[nH]1)NCCc1c(C)[nH]c2ccccc12. The number of nitrogens with one attached hydrogen (secondary N) is 4. The fraction of sp³-hybridized carbons (Fsp3) is 0.286. The summed E-state index contributed by atoms with van der Waals surface area (Å²) in [6.45, 7) is 6.13. The number of fused-ring (bicyclic) bond motifs is 1. The second-order valence-electron chi connectivity index (χ2n) is 6.73. The molecule has 0 fully saturated rings. The third-order valence-electron chi connectivity index (χ3n) is 4.70. The fourth-order valence-electron chi connectivity index (χ4n) is 3.34. The molecule has 3 aromatic heterocycles. The normalized spacial score (nSPS) is 11.9. The number of hydrogen-bond acceptors (Lipinski definition) is 4. The summed E-state index contributed by atoms with van der Waals surface area (Å²) in [5.41, 5.74) is 3.72. The van der Waals surface area contributed by atoms with E-state index in [9.17, 15) is 0 Å². The van der Waals surface area contributed by atoms with Crippen LogP contribution in [0.5, 0.6) is 0 Å². The maximum absolute atomic E-state index is 5.32. The van der Waals surface area contributed by atoms with E-state index in [2.05, 4.69) is 67.0 Å². The molecule has 0 saturated heterocycles. The Morgan fingerprint density at radius 1 is 1.17 bits per heavy atom. The van der Waals surface area contributed by atoms with Crippen LogP contribution < -0.4 is 10.6 Å². The monoisotopic (exact) mass is 391 g/mol. The number of hydrogen-bond donors (Lipinski definition) is 4. The molecular weight excluding hydrogens is 366 g/mol. The Kier molecular flexibility index (Phi) is 5.60. The van der Waals surface area contributed by atoms with Crippen LogP contribution in [0.3, 0.4) is 0 Å². The van der Waals surface area contributed by atoms with Crippen molar-refractivity contribution in [2.75, 3.05) is 13.1 Å². The number of aryl methyl sites for hydroxylation is 1. The highest BCUT2D eigenvalue weighted by molar-refractivity contribution is 5.84. The first-order chi connectivity index (χ1) is 14.2. The van der Waals surface area contributed by atoms with Crippen molar-refractivity contribution < 1.29 is 4.42 Å². The van der Waals surface area contributed by atoms with Crippen LogP contribution in [0.1, 0.15) is 24.0 Å². The number of rotatable bonds is 7. The number of aliphatic imine (C=N–C) groups is 1. The number of aromatic nitrogens is 4. The molecule has 0 unspecified atom stereocenters. The van der Waals surface area contributed by atoms with E-state index in [-0.39, 0.29) is 0 Å². The van der Waals surface area contributed by atoms with Gasteiger partial charge in [-0.25, -0.2) is 9.98 Å². The molecule has 0 bridgehead atoms. The lowest BCUT2D eigenvalue weighted by Gasteiger charge is -2.11. The molecule has 8 nitrogen and oxygen atoms in total. The topological polar surface area (TPSA) is 107 Å². The average molecular weight is 391 g/mol. The van der Waals surface area contributed by atoms with E-state index >= 15 is 0 Å². The zero-order chi connectivity index (χ0) is 20.1. The second kappa shape index (κ2) is 8.64. The van der Waals surface area contributed by atoms with Gasteiger partial charge in [-0.1, -0.05) is 18.2 Å². The third-order valence-corrected chi connectivity index (χ3v) is 4.70. The molecular formula is C21H25N7O. The van der Waals surface area contributed by atoms with Gasteiger partial charge < -0.3 is 20.0 Å². The minimum Gasteiger partial charge on any atom is -0.461 e. The van der Waals surface area contributed by atoms with Crippen molar-refractivity contribution >= 4 is 16.9 Å². The minimum atomic E-state index is 0.398. The molecule has 0 spiro atoms. The van der Waals surface area contributed by atoms with Crippen LogP contribution in [-0.2, 0) is 13.0 Å². The summed E-state index contributed by atoms with van der Waals surface area (Å²) in [6.07, 6.45) is 2.51. The lowest BCUT2D eigenvalue weighted by Crippen LogP contribution is -2.38. The molecule has 4 rings (SSSR count). The minimum absolute atomic E-state index is 0.398. The highest BCUT2D eigenvalue weighted by Gasteiger charge is 2.09. The predicted octanol–water partition coefficient (Wildman–Crippen LogP) is 3.15. The standard InChI is InChI=1S/C21H25N7O/c1-3-22-21(24-13-19-26-20(28-27-19)18-9-6-12-29-18)23-11-10-15-14(2)25-17-8-5-4-7-16(15)17/h4-9,12,25H,3,10-11,13H2,1-2H3,(H2,22,23,24)(H,26,27,28). The van der Waals surface area contributed by atoms with Crippen molar-refractivity contribution in [3.05, 3.63) is 59.7 Å². The van der Waals surface area contributed by atoms with E-state index in [0.29, 0.717) is 24.0 Å². The van der Waals surface area contributed by atoms with Gasteiger partial charge in [0, 0.05) is 29.7 Å². The quantitative estimate of drug-likeness (QED) is 0.286. The van der Waals surface area contributed by atoms with Gasteiger partial charge in [-0.15, -0.1) is 5.10 Å². The lowest BCUT2D eigenvalue weighted by atomic mass is 10.1. The van der Waals surface area contributed by atoms with Crippen LogP contribution in [0.15, 0.2) is 52.1 Å². The smallest absolute Gasteiger partial charge is 0.216 e. The Balaban J connectivity index is 1.38. The van der Waals surface area contributed by atoms with Crippen LogP contribution in [0.25, 0.3) is 22.5 Å². The summed E-state index contributed by atoms with van der Waals surface area (Å²) >= 11 is 0. The van der Waals surface area contributed by atoms with Crippen LogP contribution in [0.4, 0.5) is 0 Å². The number of benzene rings is 1. The number of H-pyrrole nitrogens is 2. The largest absolute Gasteiger partial charge is 0.461 e. The van der Waals surface area contributed by atoms with Crippen molar-refractivity contribution in [2.24, 2.45) is 4.99 Å². The first-order valence-corrected chi connectivity index (χ1v) is 9.78. The number of furan rings is 1. The van der Waals surface area contributed by atoms with Crippen LogP contribution in [-0.4, -0.2) is 39.2 Å². The average Bonchev–Trinajstić information content (AvgIpc) is 3.46. The molecule has 0 aliphatic rings. The highest BCUT2D eigenvalue weighted by atomic mass is 16.3. The Hall–Kier alpha value is -3.55. The maximum Gasteiger partial charge on any atom is 0.216 e. The molecule has 4 N–H and O–H groups in total. The van der Waals surface area contributed by atoms with Crippen molar-refractivity contribution in [1.82, 2.24) is 30.8 Å². The van der Waals surface area contributed by atoms with E-state index in [1.807, 2.05) is 19.1 Å². The molecule has 0 radical (unpaired) electrons. The first kappa shape index (κ1) is 18.8. The molecule has 0 aliphatic carbocycles. The van der Waals surface area contributed by atoms with E-state index in [1.165, 1.54) is 22.2 Å². The summed E-state index contributed by atoms with van der Waals surface area (Å²) in [5, 5.41) is 15.0. The molecule has 150 valence electrons. The van der Waals surface area contributed by atoms with Gasteiger partial charge in [0.1, 0.15) is 12.4 Å². The van der Waals surface area contributed by atoms with Crippen molar-refractivity contribution in [2.45, 2.75) is 26.8 Å². The molecule has 0 saturated carbocycles. The van der Waals surface area contributed by atoms with Gasteiger partial charge in [0.15, 0.2) is 11.7 Å². The summed E-state index contributed by atoms with van der Waals surface area (Å²) in [5.74, 6) is 2.60. The fourth-order valence-corrected chi connectivity index (χ4v) is 3.34. The van der Waals surface area contributed by atoms with Crippen molar-refractivity contribution in [3.8, 4) is 11.6 Å². The first-order valence-electron chi connectivity index (χ1n) is 9.78. The van der Waals surface area contributed by atoms with Crippen LogP contribution in [0, 0.1) is 6.92 Å². The zero-order valence-corrected chi connectivity index (χ0v) is 16.6. The molecule has 3 heterocycles. The van der Waals surface area contributed by atoms with Gasteiger partial charge in [0.25, 0.3) is 0 Å². The van der Waals surface area contributed by atoms with Crippen molar-refractivity contribution in [1.29, 1.82) is 0 Å². The molecule has 0 atom stereocenters. The van der Waals surface area contributed by atoms with Gasteiger partial charge in [0.05, 0.1) is 6.26 Å². The van der Waals surface area contributed by atoms with Gasteiger partial charge in [0.2, 0.25) is 5.82 Å². The van der Waals surface area contributed by atoms with E-state index in [4.69, 9.17) is 4.42 Å². The van der Waals surface area contributed by atoms with E-state index in [1.54, 1.807) is 6.26 Å². The van der Waals surface area contributed by atoms with Gasteiger partial charge in [-0.05, 0) is 44.0 Å². The van der Waals surface area contributed by atoms with Gasteiger partial charge in [-0.2, -0.15) is 0 Å². The highest BCUT2D eigenvalue weighted by Crippen LogP contribution is 2.21. The Morgan fingerprint density at radius 3 is 2.90 bits per heavy atom. The number of guanidine groups is 1. The molecule has 1 aromatic carbocycles. The van der Waals surface area contributed by atoms with Gasteiger partial charge >= 0.3 is 0 Å². The molecule has 4 aromatic rings. The molecule has 29 heavy (non-hydrogen) atoms. The van der Waals surface area contributed by atoms with Gasteiger partial charge in [-0.3, -0.25) is 5.10 Å². The second-order valence-corrected chi connectivity index (χ2v) is 6.73. The zero-order valence-electron chi connectivity index (χ0n) is 16.6. The third kappa shape index (κ3) is 4.31. The summed E-state index contributed by atoms with van der Waals surface area (Å²) in [6, 6.07) is 12.0. The summed E-state index contributed by atoms with van der Waals surface area (Å²) in [4.78, 5) is 12.5.